The van der Waals surface area contributed by atoms with Gasteiger partial charge in [0.05, 0.1) is 11.6 Å². The number of ether oxygens (including phenoxy) is 1. The molecule has 0 aliphatic carbocycles. The van der Waals surface area contributed by atoms with Gasteiger partial charge in [0.2, 0.25) is 11.9 Å². The summed E-state index contributed by atoms with van der Waals surface area (Å²) in [5.41, 5.74) is 0.434. The Morgan fingerprint density at radius 3 is 2.66 bits per heavy atom. The van der Waals surface area contributed by atoms with Crippen LogP contribution in [0.5, 0.6) is 11.5 Å². The van der Waals surface area contributed by atoms with Crippen molar-refractivity contribution in [3.8, 4) is 11.5 Å². The van der Waals surface area contributed by atoms with Gasteiger partial charge in [-0.2, -0.15) is 4.39 Å². The van der Waals surface area contributed by atoms with Crippen LogP contribution in [0.2, 0.25) is 5.02 Å². The van der Waals surface area contributed by atoms with Gasteiger partial charge in [0, 0.05) is 11.8 Å². The van der Waals surface area contributed by atoms with E-state index in [-0.39, 0.29) is 34.4 Å². The van der Waals surface area contributed by atoms with Crippen molar-refractivity contribution in [1.82, 2.24) is 9.71 Å². The summed E-state index contributed by atoms with van der Waals surface area (Å²) in [4.78, 5) is 7.67. The molecule has 29 heavy (non-hydrogen) atoms. The first-order chi connectivity index (χ1) is 13.9. The molecule has 4 rings (SSSR count). The summed E-state index contributed by atoms with van der Waals surface area (Å²) in [5.74, 6) is -0.105. The quantitative estimate of drug-likeness (QED) is 0.609. The monoisotopic (exact) mass is 432 g/mol. The number of fused-ring (bicyclic) bond motifs is 1. The van der Waals surface area contributed by atoms with Gasteiger partial charge >= 0.3 is 0 Å². The van der Waals surface area contributed by atoms with Gasteiger partial charge in [-0.3, -0.25) is 0 Å². The minimum absolute atomic E-state index is 0.00596. The highest BCUT2D eigenvalue weighted by Gasteiger charge is 2.29. The lowest BCUT2D eigenvalue weighted by molar-refractivity contribution is 0.483. The van der Waals surface area contributed by atoms with E-state index in [9.17, 15) is 12.8 Å². The molecule has 0 spiro atoms. The number of hydrogen-bond acceptors (Lipinski definition) is 5. The van der Waals surface area contributed by atoms with Gasteiger partial charge in [-0.15, -0.1) is 0 Å². The van der Waals surface area contributed by atoms with Crippen LogP contribution in [0, 0.1) is 5.95 Å². The normalized spacial score (nSPS) is 15.9. The number of anilines is 1. The predicted octanol–water partition coefficient (Wildman–Crippen LogP) is 3.93. The SMILES string of the molecule is O=S1(=O)NC(=NCc2cccnc2F)Nc2c(Oc3ccccc3Cl)cccc21. The zero-order valence-electron chi connectivity index (χ0n) is 14.8. The second-order valence-corrected chi connectivity index (χ2v) is 8.07. The van der Waals surface area contributed by atoms with E-state index in [0.29, 0.717) is 10.8 Å². The molecular formula is C19H14ClFN4O3S. The van der Waals surface area contributed by atoms with Gasteiger partial charge in [0.1, 0.15) is 16.3 Å². The smallest absolute Gasteiger partial charge is 0.266 e. The van der Waals surface area contributed by atoms with Crippen LogP contribution in [0.3, 0.4) is 0 Å². The summed E-state index contributed by atoms with van der Waals surface area (Å²) in [6.45, 7) is -0.104. The van der Waals surface area contributed by atoms with Gasteiger partial charge in [-0.05, 0) is 30.3 Å². The van der Waals surface area contributed by atoms with E-state index in [0.717, 1.165) is 0 Å². The van der Waals surface area contributed by atoms with Gasteiger partial charge in [-0.25, -0.2) is 23.1 Å². The van der Waals surface area contributed by atoms with E-state index in [1.807, 2.05) is 0 Å². The Bertz CT molecular complexity index is 1220. The third kappa shape index (κ3) is 4.01. The van der Waals surface area contributed by atoms with Gasteiger partial charge in [-0.1, -0.05) is 35.9 Å². The zero-order chi connectivity index (χ0) is 20.4. The molecule has 0 bridgehead atoms. The first-order valence-corrected chi connectivity index (χ1v) is 10.3. The highest BCUT2D eigenvalue weighted by molar-refractivity contribution is 7.90. The van der Waals surface area contributed by atoms with E-state index in [1.165, 1.54) is 18.3 Å². The lowest BCUT2D eigenvalue weighted by Crippen LogP contribution is -2.40. The second kappa shape index (κ2) is 7.69. The fraction of sp³-hybridized carbons (Fsp3) is 0.0526. The fourth-order valence-corrected chi connectivity index (χ4v) is 4.02. The third-order valence-electron chi connectivity index (χ3n) is 4.05. The Hall–Kier alpha value is -3.17. The topological polar surface area (TPSA) is 92.7 Å². The summed E-state index contributed by atoms with van der Waals surface area (Å²) >= 11 is 6.13. The predicted molar refractivity (Wildman–Crippen MR) is 107 cm³/mol. The number of benzene rings is 2. The zero-order valence-corrected chi connectivity index (χ0v) is 16.3. The molecule has 1 aliphatic rings. The number of para-hydroxylation sites is 2. The molecule has 0 saturated carbocycles. The van der Waals surface area contributed by atoms with Crippen molar-refractivity contribution in [2.45, 2.75) is 11.4 Å². The van der Waals surface area contributed by atoms with Crippen molar-refractivity contribution in [3.05, 3.63) is 77.3 Å². The van der Waals surface area contributed by atoms with Crippen molar-refractivity contribution in [2.75, 3.05) is 5.32 Å². The Balaban J connectivity index is 1.69. The molecule has 2 N–H and O–H groups in total. The molecule has 0 amide bonds. The average Bonchev–Trinajstić information content (AvgIpc) is 2.69. The number of guanidine groups is 1. The maximum absolute atomic E-state index is 13.7. The van der Waals surface area contributed by atoms with Crippen LogP contribution in [0.1, 0.15) is 5.56 Å². The molecule has 0 fully saturated rings. The van der Waals surface area contributed by atoms with Gasteiger partial charge in [0.25, 0.3) is 10.0 Å². The van der Waals surface area contributed by atoms with Crippen LogP contribution in [0.15, 0.2) is 70.7 Å². The molecule has 0 saturated heterocycles. The molecule has 0 atom stereocenters. The van der Waals surface area contributed by atoms with Crippen molar-refractivity contribution in [1.29, 1.82) is 0 Å². The Kier molecular flexibility index (Phi) is 5.08. The molecule has 1 aromatic heterocycles. The van der Waals surface area contributed by atoms with Crippen LogP contribution in [0.4, 0.5) is 10.1 Å². The highest BCUT2D eigenvalue weighted by Crippen LogP contribution is 2.38. The standard InChI is InChI=1S/C19H14ClFN4O3S/c20-13-6-1-2-7-14(13)28-15-8-3-9-16-17(15)24-19(25-29(16,26)27)23-11-12-5-4-10-22-18(12)21/h1-10H,11H2,(H2,23,24,25). The number of halogens is 2. The summed E-state index contributed by atoms with van der Waals surface area (Å²) in [6.07, 6.45) is 1.32. The Morgan fingerprint density at radius 2 is 1.86 bits per heavy atom. The molecule has 0 unspecified atom stereocenters. The minimum atomic E-state index is -3.90. The van der Waals surface area contributed by atoms with Crippen molar-refractivity contribution >= 4 is 33.3 Å². The number of pyridine rings is 1. The van der Waals surface area contributed by atoms with E-state index < -0.39 is 16.0 Å². The van der Waals surface area contributed by atoms with Crippen molar-refractivity contribution in [3.63, 3.8) is 0 Å². The summed E-state index contributed by atoms with van der Waals surface area (Å²) in [7, 11) is -3.90. The second-order valence-electron chi connectivity index (χ2n) is 6.01. The van der Waals surface area contributed by atoms with Gasteiger partial charge < -0.3 is 10.1 Å². The van der Waals surface area contributed by atoms with Crippen LogP contribution < -0.4 is 14.8 Å². The van der Waals surface area contributed by atoms with E-state index in [1.54, 1.807) is 42.5 Å². The van der Waals surface area contributed by atoms with Crippen molar-refractivity contribution < 1.29 is 17.5 Å². The number of aromatic nitrogens is 1. The number of nitrogens with one attached hydrogen (secondary N) is 2. The lowest BCUT2D eigenvalue weighted by atomic mass is 10.2. The molecule has 2 heterocycles. The fourth-order valence-electron chi connectivity index (χ4n) is 2.69. The maximum Gasteiger partial charge on any atom is 0.266 e. The molecule has 10 heteroatoms. The Morgan fingerprint density at radius 1 is 1.07 bits per heavy atom. The average molecular weight is 433 g/mol. The lowest BCUT2D eigenvalue weighted by Gasteiger charge is -2.23. The molecule has 1 aliphatic heterocycles. The van der Waals surface area contributed by atoms with Crippen LogP contribution in [-0.2, 0) is 16.6 Å². The highest BCUT2D eigenvalue weighted by atomic mass is 35.5. The van der Waals surface area contributed by atoms with Gasteiger partial charge in [0.15, 0.2) is 5.75 Å². The number of aliphatic imine (C=N–C) groups is 1. The van der Waals surface area contributed by atoms with Crippen LogP contribution in [-0.4, -0.2) is 19.4 Å². The van der Waals surface area contributed by atoms with E-state index >= 15 is 0 Å². The molecule has 2 aromatic carbocycles. The summed E-state index contributed by atoms with van der Waals surface area (Å²) in [6, 6.07) is 14.5. The minimum Gasteiger partial charge on any atom is -0.454 e. The molecule has 7 nitrogen and oxygen atoms in total. The van der Waals surface area contributed by atoms with Crippen LogP contribution >= 0.6 is 11.6 Å². The first kappa shape index (κ1) is 19.2. The van der Waals surface area contributed by atoms with Crippen LogP contribution in [0.25, 0.3) is 0 Å². The number of hydrogen-bond donors (Lipinski definition) is 2. The number of rotatable bonds is 4. The number of sulfonamides is 1. The summed E-state index contributed by atoms with van der Waals surface area (Å²) < 4.78 is 47.1. The largest absolute Gasteiger partial charge is 0.454 e. The molecular weight excluding hydrogens is 419 g/mol. The van der Waals surface area contributed by atoms with Crippen molar-refractivity contribution in [2.24, 2.45) is 4.99 Å². The van der Waals surface area contributed by atoms with E-state index in [2.05, 4.69) is 20.0 Å². The third-order valence-corrected chi connectivity index (χ3v) is 5.75. The number of nitrogens with zero attached hydrogens (tertiary/aromatic N) is 2. The Labute approximate surface area is 171 Å². The first-order valence-electron chi connectivity index (χ1n) is 8.43. The maximum atomic E-state index is 13.7. The van der Waals surface area contributed by atoms with E-state index in [4.69, 9.17) is 16.3 Å². The summed E-state index contributed by atoms with van der Waals surface area (Å²) in [5, 5.41) is 3.28. The molecule has 0 radical (unpaired) electrons. The molecule has 148 valence electrons. The molecule has 3 aromatic rings.